The number of benzene rings is 1. The number of aromatic amines is 1. The lowest BCUT2D eigenvalue weighted by Crippen LogP contribution is -2.33. The first kappa shape index (κ1) is 18.1. The molecule has 2 aliphatic heterocycles. The topological polar surface area (TPSA) is 100 Å². The van der Waals surface area contributed by atoms with Crippen LogP contribution in [0.15, 0.2) is 29.2 Å². The van der Waals surface area contributed by atoms with Crippen molar-refractivity contribution in [3.8, 4) is 0 Å². The highest BCUT2D eigenvalue weighted by Gasteiger charge is 2.31. The molecular formula is C18H23N5O3S. The molecule has 4 rings (SSSR count). The Morgan fingerprint density at radius 2 is 2.30 bits per heavy atom. The minimum Gasteiger partial charge on any atom is -0.444 e. The van der Waals surface area contributed by atoms with Gasteiger partial charge in [-0.05, 0) is 49.6 Å². The average molecular weight is 389 g/mol. The van der Waals surface area contributed by atoms with Crippen molar-refractivity contribution in [3.63, 3.8) is 0 Å². The number of carbonyl (C=O) groups is 1. The minimum atomic E-state index is -0.407. The van der Waals surface area contributed by atoms with Gasteiger partial charge in [-0.15, -0.1) is 0 Å². The van der Waals surface area contributed by atoms with Gasteiger partial charge in [0, 0.05) is 35.7 Å². The number of carbonyl (C=O) groups excluding carboxylic acids is 1. The van der Waals surface area contributed by atoms with E-state index in [-0.39, 0.29) is 18.2 Å². The van der Waals surface area contributed by atoms with Crippen LogP contribution in [0.5, 0.6) is 0 Å². The molecule has 1 saturated heterocycles. The molecule has 2 aliphatic rings. The van der Waals surface area contributed by atoms with Gasteiger partial charge in [-0.25, -0.2) is 4.79 Å². The van der Waals surface area contributed by atoms with Crippen LogP contribution in [0.2, 0.25) is 0 Å². The van der Waals surface area contributed by atoms with Gasteiger partial charge in [0.1, 0.15) is 12.2 Å². The van der Waals surface area contributed by atoms with E-state index in [1.165, 1.54) is 10.5 Å². The molecule has 1 unspecified atom stereocenters. The largest absolute Gasteiger partial charge is 0.444 e. The highest BCUT2D eigenvalue weighted by molar-refractivity contribution is 7.97. The number of anilines is 2. The van der Waals surface area contributed by atoms with Crippen LogP contribution < -0.4 is 15.4 Å². The highest BCUT2D eigenvalue weighted by atomic mass is 32.2. The molecule has 0 bridgehead atoms. The zero-order valence-corrected chi connectivity index (χ0v) is 16.1. The second-order valence-electron chi connectivity index (χ2n) is 6.96. The molecule has 0 spiro atoms. The lowest BCUT2D eigenvalue weighted by molar-refractivity contribution is 0.0682. The fourth-order valence-corrected chi connectivity index (χ4v) is 3.90. The molecule has 3 heterocycles. The summed E-state index contributed by atoms with van der Waals surface area (Å²) in [4.78, 5) is 13.0. The summed E-state index contributed by atoms with van der Waals surface area (Å²) in [5, 5.41) is 13.4. The lowest BCUT2D eigenvalue weighted by Gasteiger charge is -2.13. The van der Waals surface area contributed by atoms with Gasteiger partial charge in [-0.2, -0.15) is 5.10 Å². The van der Waals surface area contributed by atoms with Gasteiger partial charge in [0.05, 0.1) is 12.3 Å². The lowest BCUT2D eigenvalue weighted by atomic mass is 10.1. The number of amides is 1. The number of alkyl carbamates (subject to hydrolysis) is 1. The molecule has 0 saturated carbocycles. The maximum atomic E-state index is 11.7. The van der Waals surface area contributed by atoms with E-state index in [9.17, 15) is 4.79 Å². The van der Waals surface area contributed by atoms with Crippen LogP contribution in [0.25, 0.3) is 0 Å². The molecule has 4 N–H and O–H groups in total. The third-order valence-corrected chi connectivity index (χ3v) is 5.27. The van der Waals surface area contributed by atoms with Crippen molar-refractivity contribution >= 4 is 29.5 Å². The first-order chi connectivity index (χ1) is 13.1. The van der Waals surface area contributed by atoms with Crippen molar-refractivity contribution in [2.24, 2.45) is 0 Å². The van der Waals surface area contributed by atoms with Crippen LogP contribution in [0.4, 0.5) is 16.3 Å². The SMILES string of the molecule is CC(C)NC(=O)O[C@@H]1COC(c2cc(Nc3ccc4c(c3)CNS4)n[nH]2)C1. The van der Waals surface area contributed by atoms with E-state index in [2.05, 4.69) is 37.7 Å². The monoisotopic (exact) mass is 389 g/mol. The van der Waals surface area contributed by atoms with E-state index in [1.807, 2.05) is 26.0 Å². The summed E-state index contributed by atoms with van der Waals surface area (Å²) in [6, 6.07) is 8.24. The minimum absolute atomic E-state index is 0.0467. The molecule has 2 aromatic rings. The Morgan fingerprint density at radius 3 is 3.15 bits per heavy atom. The number of nitrogens with one attached hydrogen (secondary N) is 4. The molecule has 27 heavy (non-hydrogen) atoms. The fraction of sp³-hybridized carbons (Fsp3) is 0.444. The standard InChI is InChI=1S/C18H23N5O3S/c1-10(2)20-18(24)26-13-6-15(25-9-13)14-7-17(23-22-14)21-12-3-4-16-11(5-12)8-19-27-16/h3-5,7,10,13,15,19H,6,8-9H2,1-2H3,(H,20,24)(H2,21,22,23)/t13-,15?/m0/s1. The number of ether oxygens (including phenoxy) is 2. The second kappa shape index (κ2) is 7.79. The van der Waals surface area contributed by atoms with Crippen molar-refractivity contribution in [1.29, 1.82) is 0 Å². The molecule has 1 aromatic heterocycles. The molecule has 0 radical (unpaired) electrons. The van der Waals surface area contributed by atoms with Crippen molar-refractivity contribution in [2.75, 3.05) is 11.9 Å². The molecule has 1 fully saturated rings. The van der Waals surface area contributed by atoms with Crippen molar-refractivity contribution in [2.45, 2.75) is 50.0 Å². The number of nitrogens with zero attached hydrogens (tertiary/aromatic N) is 1. The van der Waals surface area contributed by atoms with Gasteiger partial charge in [0.2, 0.25) is 0 Å². The number of hydrogen-bond donors (Lipinski definition) is 4. The Balaban J connectivity index is 1.34. The summed E-state index contributed by atoms with van der Waals surface area (Å²) in [5.74, 6) is 0.731. The number of H-pyrrole nitrogens is 1. The third-order valence-electron chi connectivity index (χ3n) is 4.36. The maximum absolute atomic E-state index is 11.7. The van der Waals surface area contributed by atoms with E-state index >= 15 is 0 Å². The van der Waals surface area contributed by atoms with Crippen LogP contribution in [0, 0.1) is 0 Å². The summed E-state index contributed by atoms with van der Waals surface area (Å²) in [5.41, 5.74) is 3.14. The van der Waals surface area contributed by atoms with Crippen LogP contribution >= 0.6 is 11.9 Å². The molecule has 9 heteroatoms. The van der Waals surface area contributed by atoms with Gasteiger partial charge < -0.3 is 20.1 Å². The molecule has 144 valence electrons. The maximum Gasteiger partial charge on any atom is 0.407 e. The van der Waals surface area contributed by atoms with E-state index in [0.29, 0.717) is 13.0 Å². The number of hydrogen-bond acceptors (Lipinski definition) is 7. The Labute approximate surface area is 161 Å². The Hall–Kier alpha value is -2.23. The first-order valence-electron chi connectivity index (χ1n) is 9.00. The van der Waals surface area contributed by atoms with E-state index < -0.39 is 6.09 Å². The fourth-order valence-electron chi connectivity index (χ4n) is 3.12. The molecular weight excluding hydrogens is 366 g/mol. The van der Waals surface area contributed by atoms with E-state index in [1.54, 1.807) is 11.9 Å². The van der Waals surface area contributed by atoms with Crippen LogP contribution in [0.3, 0.4) is 0 Å². The van der Waals surface area contributed by atoms with E-state index in [4.69, 9.17) is 9.47 Å². The Kier molecular flexibility index (Phi) is 5.24. The summed E-state index contributed by atoms with van der Waals surface area (Å²) >= 11 is 1.65. The number of fused-ring (bicyclic) bond motifs is 1. The molecule has 0 aliphatic carbocycles. The Morgan fingerprint density at radius 1 is 1.41 bits per heavy atom. The number of rotatable bonds is 5. The quantitative estimate of drug-likeness (QED) is 0.583. The predicted octanol–water partition coefficient (Wildman–Crippen LogP) is 3.23. The van der Waals surface area contributed by atoms with Gasteiger partial charge >= 0.3 is 6.09 Å². The summed E-state index contributed by atoms with van der Waals surface area (Å²) in [7, 11) is 0. The third kappa shape index (κ3) is 4.37. The van der Waals surface area contributed by atoms with Crippen LogP contribution in [0.1, 0.15) is 37.6 Å². The van der Waals surface area contributed by atoms with Gasteiger partial charge in [0.25, 0.3) is 0 Å². The van der Waals surface area contributed by atoms with Gasteiger partial charge in [-0.1, -0.05) is 0 Å². The number of aromatic nitrogens is 2. The van der Waals surface area contributed by atoms with Crippen LogP contribution in [-0.2, 0) is 16.0 Å². The predicted molar refractivity (Wildman–Crippen MR) is 103 cm³/mol. The average Bonchev–Trinajstić information content (AvgIpc) is 3.33. The highest BCUT2D eigenvalue weighted by Crippen LogP contribution is 2.32. The van der Waals surface area contributed by atoms with Crippen LogP contribution in [-0.4, -0.2) is 35.0 Å². The summed E-state index contributed by atoms with van der Waals surface area (Å²) in [6.07, 6.45) is -0.217. The zero-order chi connectivity index (χ0) is 18.8. The smallest absolute Gasteiger partial charge is 0.407 e. The second-order valence-corrected chi connectivity index (χ2v) is 7.90. The van der Waals surface area contributed by atoms with Crippen molar-refractivity contribution < 1.29 is 14.3 Å². The summed E-state index contributed by atoms with van der Waals surface area (Å²) in [6.45, 7) is 5.03. The molecule has 2 atom stereocenters. The van der Waals surface area contributed by atoms with Crippen molar-refractivity contribution in [3.05, 3.63) is 35.5 Å². The normalized spacial score (nSPS) is 21.3. The Bertz CT molecular complexity index is 825. The molecule has 1 amide bonds. The first-order valence-corrected chi connectivity index (χ1v) is 9.82. The zero-order valence-electron chi connectivity index (χ0n) is 15.2. The molecule has 1 aromatic carbocycles. The van der Waals surface area contributed by atoms with Gasteiger partial charge in [-0.3, -0.25) is 9.82 Å². The van der Waals surface area contributed by atoms with Gasteiger partial charge in [0.15, 0.2) is 5.82 Å². The van der Waals surface area contributed by atoms with E-state index in [0.717, 1.165) is 23.7 Å². The molecule has 8 nitrogen and oxygen atoms in total. The summed E-state index contributed by atoms with van der Waals surface area (Å²) < 4.78 is 14.4. The van der Waals surface area contributed by atoms with Crippen molar-refractivity contribution in [1.82, 2.24) is 20.2 Å².